The Balaban J connectivity index is 1.84. The largest absolute Gasteiger partial charge is 0.479 e. The molecule has 0 spiro atoms. The summed E-state index contributed by atoms with van der Waals surface area (Å²) in [5, 5.41) is 0.162. The molecule has 0 aliphatic carbocycles. The third kappa shape index (κ3) is 6.90. The first-order chi connectivity index (χ1) is 13.4. The van der Waals surface area contributed by atoms with Gasteiger partial charge < -0.3 is 18.4 Å². The molecule has 10 heteroatoms. The number of carbonyl (C=O) groups is 2. The normalized spacial score (nSPS) is 11.4. The standard InChI is InChI=1S/C18H17ClFNO6S/c1-3-24-16(22)10-28-27-18(23)11(2)25-13-4-6-14(7-5-13)26-17-15(20)8-12(19)9-21-17/h4-9,11H,3,10H2,1-2H3/t11-/m1/s1. The maximum absolute atomic E-state index is 13.7. The zero-order chi connectivity index (χ0) is 20.5. The smallest absolute Gasteiger partial charge is 0.359 e. The van der Waals surface area contributed by atoms with E-state index in [1.807, 2.05) is 0 Å². The van der Waals surface area contributed by atoms with Gasteiger partial charge in [-0.1, -0.05) is 11.6 Å². The van der Waals surface area contributed by atoms with Gasteiger partial charge in [-0.15, -0.1) is 0 Å². The molecule has 28 heavy (non-hydrogen) atoms. The molecule has 0 fully saturated rings. The molecular weight excluding hydrogens is 413 g/mol. The summed E-state index contributed by atoms with van der Waals surface area (Å²) in [4.78, 5) is 26.8. The Bertz CT molecular complexity index is 820. The first-order valence-electron chi connectivity index (χ1n) is 8.13. The molecule has 1 heterocycles. The van der Waals surface area contributed by atoms with Crippen molar-refractivity contribution in [3.05, 3.63) is 47.4 Å². The van der Waals surface area contributed by atoms with Crippen molar-refractivity contribution in [2.24, 2.45) is 0 Å². The van der Waals surface area contributed by atoms with E-state index < -0.39 is 23.9 Å². The number of hydrogen-bond donors (Lipinski definition) is 0. The molecule has 0 unspecified atom stereocenters. The van der Waals surface area contributed by atoms with Crippen LogP contribution in [-0.2, 0) is 18.5 Å². The first kappa shape index (κ1) is 21.8. The molecule has 1 aromatic carbocycles. The highest BCUT2D eigenvalue weighted by Gasteiger charge is 2.18. The van der Waals surface area contributed by atoms with Crippen LogP contribution in [0.2, 0.25) is 5.02 Å². The lowest BCUT2D eigenvalue weighted by Gasteiger charge is -2.13. The number of hydrogen-bond acceptors (Lipinski definition) is 8. The summed E-state index contributed by atoms with van der Waals surface area (Å²) in [6.07, 6.45) is 0.363. The summed E-state index contributed by atoms with van der Waals surface area (Å²) < 4.78 is 34.1. The fourth-order valence-corrected chi connectivity index (χ4v) is 2.47. The molecule has 0 N–H and O–H groups in total. The molecule has 0 aliphatic rings. The fourth-order valence-electron chi connectivity index (χ4n) is 1.83. The van der Waals surface area contributed by atoms with E-state index in [0.717, 1.165) is 6.07 Å². The van der Waals surface area contributed by atoms with Crippen molar-refractivity contribution in [3.8, 4) is 17.4 Å². The SMILES string of the molecule is CCOC(=O)CSOC(=O)[C@@H](C)Oc1ccc(Oc2ncc(Cl)cc2F)cc1. The molecule has 0 bridgehead atoms. The van der Waals surface area contributed by atoms with Crippen LogP contribution in [0.5, 0.6) is 17.4 Å². The predicted molar refractivity (Wildman–Crippen MR) is 101 cm³/mol. The van der Waals surface area contributed by atoms with Crippen molar-refractivity contribution >= 4 is 35.6 Å². The summed E-state index contributed by atoms with van der Waals surface area (Å²) in [6, 6.07) is 7.23. The Morgan fingerprint density at radius 1 is 1.25 bits per heavy atom. The zero-order valence-electron chi connectivity index (χ0n) is 15.0. The van der Waals surface area contributed by atoms with E-state index >= 15 is 0 Å². The maximum atomic E-state index is 13.7. The second-order valence-electron chi connectivity index (χ2n) is 5.24. The molecule has 0 amide bonds. The minimum atomic E-state index is -0.906. The van der Waals surface area contributed by atoms with Gasteiger partial charge in [-0.2, -0.15) is 0 Å². The molecule has 7 nitrogen and oxygen atoms in total. The van der Waals surface area contributed by atoms with Crippen LogP contribution in [0.25, 0.3) is 0 Å². The van der Waals surface area contributed by atoms with E-state index in [1.54, 1.807) is 19.1 Å². The summed E-state index contributed by atoms with van der Waals surface area (Å²) in [5.74, 6) is -1.44. The van der Waals surface area contributed by atoms with Gasteiger partial charge in [0, 0.05) is 6.20 Å². The van der Waals surface area contributed by atoms with Gasteiger partial charge in [0.05, 0.1) is 23.7 Å². The van der Waals surface area contributed by atoms with Crippen LogP contribution in [0.3, 0.4) is 0 Å². The Morgan fingerprint density at radius 2 is 1.93 bits per heavy atom. The highest BCUT2D eigenvalue weighted by Crippen LogP contribution is 2.26. The second kappa shape index (κ2) is 10.7. The van der Waals surface area contributed by atoms with Crippen LogP contribution in [-0.4, -0.2) is 35.4 Å². The predicted octanol–water partition coefficient (Wildman–Crippen LogP) is 4.19. The van der Waals surface area contributed by atoms with Crippen molar-refractivity contribution < 1.29 is 32.4 Å². The van der Waals surface area contributed by atoms with Gasteiger partial charge in [0.2, 0.25) is 0 Å². The van der Waals surface area contributed by atoms with Crippen LogP contribution >= 0.6 is 23.6 Å². The number of pyridine rings is 1. The second-order valence-corrected chi connectivity index (χ2v) is 6.37. The number of esters is 1. The number of benzene rings is 1. The first-order valence-corrected chi connectivity index (χ1v) is 9.42. The monoisotopic (exact) mass is 429 g/mol. The van der Waals surface area contributed by atoms with E-state index in [-0.39, 0.29) is 23.3 Å². The van der Waals surface area contributed by atoms with Crippen LogP contribution in [0.1, 0.15) is 13.8 Å². The number of carbonyl (C=O) groups excluding carboxylic acids is 2. The topological polar surface area (TPSA) is 84.0 Å². The van der Waals surface area contributed by atoms with Crippen LogP contribution in [0, 0.1) is 5.82 Å². The summed E-state index contributed by atoms with van der Waals surface area (Å²) in [6.45, 7) is 3.45. The molecule has 0 radical (unpaired) electrons. The molecule has 0 saturated heterocycles. The highest BCUT2D eigenvalue weighted by molar-refractivity contribution is 7.95. The summed E-state index contributed by atoms with van der Waals surface area (Å²) in [7, 11) is 0. The molecule has 0 saturated carbocycles. The van der Waals surface area contributed by atoms with Crippen molar-refractivity contribution in [2.45, 2.75) is 20.0 Å². The minimum Gasteiger partial charge on any atom is -0.479 e. The molecule has 150 valence electrons. The van der Waals surface area contributed by atoms with Crippen LogP contribution in [0.15, 0.2) is 36.5 Å². The Hall–Kier alpha value is -2.52. The molecule has 2 aromatic rings. The van der Waals surface area contributed by atoms with Crippen molar-refractivity contribution in [1.82, 2.24) is 4.98 Å². The third-order valence-corrected chi connectivity index (χ3v) is 3.92. The highest BCUT2D eigenvalue weighted by atomic mass is 35.5. The van der Waals surface area contributed by atoms with Gasteiger partial charge in [0.1, 0.15) is 17.3 Å². The van der Waals surface area contributed by atoms with Gasteiger partial charge in [-0.05, 0) is 44.2 Å². The summed E-state index contributed by atoms with van der Waals surface area (Å²) >= 11 is 6.32. The van der Waals surface area contributed by atoms with Crippen LogP contribution < -0.4 is 9.47 Å². The third-order valence-electron chi connectivity index (χ3n) is 3.08. The maximum Gasteiger partial charge on any atom is 0.359 e. The van der Waals surface area contributed by atoms with Crippen LogP contribution in [0.4, 0.5) is 4.39 Å². The Morgan fingerprint density at radius 3 is 2.57 bits per heavy atom. The number of ether oxygens (including phenoxy) is 3. The average Bonchev–Trinajstić information content (AvgIpc) is 2.65. The van der Waals surface area contributed by atoms with Gasteiger partial charge in [-0.25, -0.2) is 14.2 Å². The van der Waals surface area contributed by atoms with E-state index in [1.165, 1.54) is 25.3 Å². The Kier molecular flexibility index (Phi) is 8.34. The molecule has 0 aliphatic heterocycles. The van der Waals surface area contributed by atoms with Gasteiger partial charge in [0.25, 0.3) is 5.88 Å². The molecule has 1 atom stereocenters. The number of aromatic nitrogens is 1. The van der Waals surface area contributed by atoms with Crippen molar-refractivity contribution in [1.29, 1.82) is 0 Å². The lowest BCUT2D eigenvalue weighted by molar-refractivity contribution is -0.140. The fraction of sp³-hybridized carbons (Fsp3) is 0.278. The number of nitrogens with zero attached hydrogens (tertiary/aromatic N) is 1. The minimum absolute atomic E-state index is 0.104. The Labute approximate surface area is 170 Å². The van der Waals surface area contributed by atoms with Gasteiger partial charge >= 0.3 is 11.9 Å². The number of rotatable bonds is 9. The van der Waals surface area contributed by atoms with Gasteiger partial charge in [-0.3, -0.25) is 4.79 Å². The molecule has 2 rings (SSSR count). The van der Waals surface area contributed by atoms with E-state index in [4.69, 9.17) is 30.0 Å². The van der Waals surface area contributed by atoms with E-state index in [2.05, 4.69) is 4.98 Å². The average molecular weight is 430 g/mol. The zero-order valence-corrected chi connectivity index (χ0v) is 16.6. The summed E-state index contributed by atoms with van der Waals surface area (Å²) in [5.41, 5.74) is 0. The van der Waals surface area contributed by atoms with Gasteiger partial charge in [0.15, 0.2) is 11.9 Å². The number of halogens is 2. The van der Waals surface area contributed by atoms with Crippen molar-refractivity contribution in [2.75, 3.05) is 12.4 Å². The van der Waals surface area contributed by atoms with Crippen molar-refractivity contribution in [3.63, 3.8) is 0 Å². The quantitative estimate of drug-likeness (QED) is 0.433. The molecular formula is C18H17ClFNO6S. The van der Waals surface area contributed by atoms with E-state index in [9.17, 15) is 14.0 Å². The van der Waals surface area contributed by atoms with E-state index in [0.29, 0.717) is 23.5 Å². The molecule has 1 aromatic heterocycles. The lowest BCUT2D eigenvalue weighted by atomic mass is 10.3. The lowest BCUT2D eigenvalue weighted by Crippen LogP contribution is -2.24.